The van der Waals surface area contributed by atoms with Gasteiger partial charge in [-0.05, 0) is 22.6 Å². The van der Waals surface area contributed by atoms with Gasteiger partial charge in [0.25, 0.3) is 0 Å². The SMILES string of the molecule is CNc1nc(C2CN3CCN2CC3)nc(COC)c1I. The third kappa shape index (κ3) is 2.63. The molecule has 3 aliphatic heterocycles. The normalized spacial score (nSPS) is 28.6. The van der Waals surface area contributed by atoms with Crippen LogP contribution in [0, 0.1) is 3.57 Å². The molecule has 1 aromatic rings. The Labute approximate surface area is 133 Å². The first-order valence-corrected chi connectivity index (χ1v) is 8.00. The Bertz CT molecular complexity index is 490. The van der Waals surface area contributed by atoms with Crippen LogP contribution >= 0.6 is 22.6 Å². The van der Waals surface area contributed by atoms with E-state index in [0.29, 0.717) is 12.6 Å². The van der Waals surface area contributed by atoms with Crippen molar-refractivity contribution < 1.29 is 4.74 Å². The van der Waals surface area contributed by atoms with E-state index in [1.54, 1.807) is 7.11 Å². The molecule has 2 bridgehead atoms. The molecule has 1 aromatic heterocycles. The molecular weight excluding hydrogens is 369 g/mol. The van der Waals surface area contributed by atoms with E-state index >= 15 is 0 Å². The average Bonchev–Trinajstić information content (AvgIpc) is 2.50. The van der Waals surface area contributed by atoms with Gasteiger partial charge in [0.2, 0.25) is 0 Å². The van der Waals surface area contributed by atoms with Crippen LogP contribution in [0.2, 0.25) is 0 Å². The summed E-state index contributed by atoms with van der Waals surface area (Å²) in [6, 6.07) is 0.317. The van der Waals surface area contributed by atoms with Crippen LogP contribution in [-0.4, -0.2) is 66.6 Å². The summed E-state index contributed by atoms with van der Waals surface area (Å²) in [4.78, 5) is 14.5. The maximum Gasteiger partial charge on any atom is 0.149 e. The van der Waals surface area contributed by atoms with Gasteiger partial charge in [0.05, 0.1) is 21.9 Å². The van der Waals surface area contributed by atoms with Crippen molar-refractivity contribution in [1.82, 2.24) is 19.8 Å². The van der Waals surface area contributed by atoms with Gasteiger partial charge >= 0.3 is 0 Å². The van der Waals surface area contributed by atoms with E-state index < -0.39 is 0 Å². The van der Waals surface area contributed by atoms with Gasteiger partial charge < -0.3 is 10.1 Å². The summed E-state index contributed by atoms with van der Waals surface area (Å²) in [5.41, 5.74) is 0.972. The van der Waals surface area contributed by atoms with E-state index in [2.05, 4.69) is 37.7 Å². The Morgan fingerprint density at radius 3 is 2.60 bits per heavy atom. The van der Waals surface area contributed by atoms with E-state index in [1.807, 2.05) is 7.05 Å². The zero-order valence-electron chi connectivity index (χ0n) is 11.9. The summed E-state index contributed by atoms with van der Waals surface area (Å²) in [5, 5.41) is 3.17. The van der Waals surface area contributed by atoms with Crippen molar-refractivity contribution in [3.8, 4) is 0 Å². The quantitative estimate of drug-likeness (QED) is 0.774. The Morgan fingerprint density at radius 1 is 1.30 bits per heavy atom. The number of rotatable bonds is 4. The van der Waals surface area contributed by atoms with Gasteiger partial charge in [0.15, 0.2) is 0 Å². The lowest BCUT2D eigenvalue weighted by Gasteiger charge is -2.46. The number of hydrogen-bond acceptors (Lipinski definition) is 6. The summed E-state index contributed by atoms with van der Waals surface area (Å²) in [7, 11) is 3.61. The first kappa shape index (κ1) is 14.4. The Kier molecular flexibility index (Phi) is 4.39. The molecule has 0 amide bonds. The molecule has 3 saturated heterocycles. The fraction of sp³-hybridized carbons (Fsp3) is 0.692. The lowest BCUT2D eigenvalue weighted by atomic mass is 10.1. The number of nitrogens with zero attached hydrogens (tertiary/aromatic N) is 4. The van der Waals surface area contributed by atoms with Crippen molar-refractivity contribution in [3.05, 3.63) is 15.1 Å². The lowest BCUT2D eigenvalue weighted by Crippen LogP contribution is -2.57. The highest BCUT2D eigenvalue weighted by Gasteiger charge is 2.35. The fourth-order valence-corrected chi connectivity index (χ4v) is 3.59. The van der Waals surface area contributed by atoms with Crippen molar-refractivity contribution in [2.24, 2.45) is 0 Å². The summed E-state index contributed by atoms with van der Waals surface area (Å²) in [6.07, 6.45) is 0. The number of fused-ring (bicyclic) bond motifs is 3. The van der Waals surface area contributed by atoms with E-state index in [9.17, 15) is 0 Å². The molecule has 20 heavy (non-hydrogen) atoms. The highest BCUT2D eigenvalue weighted by atomic mass is 127. The van der Waals surface area contributed by atoms with E-state index in [1.165, 1.54) is 13.1 Å². The number of nitrogens with one attached hydrogen (secondary N) is 1. The molecule has 0 saturated carbocycles. The zero-order valence-corrected chi connectivity index (χ0v) is 14.1. The van der Waals surface area contributed by atoms with E-state index in [0.717, 1.165) is 40.5 Å². The summed E-state index contributed by atoms with van der Waals surface area (Å²) in [6.45, 7) is 6.15. The molecule has 1 N–H and O–H groups in total. The van der Waals surface area contributed by atoms with Crippen molar-refractivity contribution in [1.29, 1.82) is 0 Å². The molecule has 0 spiro atoms. The molecule has 6 nitrogen and oxygen atoms in total. The summed E-state index contributed by atoms with van der Waals surface area (Å²) in [5.74, 6) is 1.83. The molecule has 3 fully saturated rings. The van der Waals surface area contributed by atoms with Crippen LogP contribution in [0.3, 0.4) is 0 Å². The molecule has 4 rings (SSSR count). The molecule has 7 heteroatoms. The van der Waals surface area contributed by atoms with Crippen molar-refractivity contribution >= 4 is 28.4 Å². The van der Waals surface area contributed by atoms with Crippen LogP contribution in [0.25, 0.3) is 0 Å². The third-order valence-electron chi connectivity index (χ3n) is 4.03. The maximum atomic E-state index is 5.27. The first-order valence-electron chi connectivity index (χ1n) is 6.92. The molecule has 3 aliphatic rings. The van der Waals surface area contributed by atoms with Crippen LogP contribution < -0.4 is 5.32 Å². The topological polar surface area (TPSA) is 53.5 Å². The highest BCUT2D eigenvalue weighted by molar-refractivity contribution is 14.1. The minimum atomic E-state index is 0.317. The third-order valence-corrected chi connectivity index (χ3v) is 5.17. The predicted molar refractivity (Wildman–Crippen MR) is 85.8 cm³/mol. The molecule has 0 aliphatic carbocycles. The number of anilines is 1. The first-order chi connectivity index (χ1) is 9.72. The molecule has 0 radical (unpaired) electrons. The minimum Gasteiger partial charge on any atom is -0.378 e. The largest absolute Gasteiger partial charge is 0.378 e. The second-order valence-electron chi connectivity index (χ2n) is 5.23. The average molecular weight is 389 g/mol. The molecule has 110 valence electrons. The van der Waals surface area contributed by atoms with Gasteiger partial charge in [-0.2, -0.15) is 0 Å². The molecule has 4 heterocycles. The molecule has 1 unspecified atom stereocenters. The van der Waals surface area contributed by atoms with Crippen molar-refractivity contribution in [2.75, 3.05) is 52.2 Å². The van der Waals surface area contributed by atoms with Gasteiger partial charge in [-0.3, -0.25) is 9.80 Å². The number of methoxy groups -OCH3 is 1. The smallest absolute Gasteiger partial charge is 0.149 e. The van der Waals surface area contributed by atoms with Gasteiger partial charge in [-0.25, -0.2) is 9.97 Å². The van der Waals surface area contributed by atoms with Crippen molar-refractivity contribution in [2.45, 2.75) is 12.6 Å². The fourth-order valence-electron chi connectivity index (χ4n) is 2.92. The number of ether oxygens (including phenoxy) is 1. The second kappa shape index (κ2) is 6.08. The molecular formula is C13H20IN5O. The number of piperazine rings is 3. The Morgan fingerprint density at radius 2 is 2.05 bits per heavy atom. The standard InChI is InChI=1S/C13H20IN5O/c1-15-13-11(14)9(8-20-2)16-12(17-13)10-7-18-3-5-19(10)6-4-18/h10H,3-8H2,1-2H3,(H,15,16,17). The predicted octanol–water partition coefficient (Wildman–Crippen LogP) is 0.942. The summed E-state index contributed by atoms with van der Waals surface area (Å²) >= 11 is 2.28. The molecule has 0 aromatic carbocycles. The van der Waals surface area contributed by atoms with Crippen LogP contribution in [-0.2, 0) is 11.3 Å². The number of halogens is 1. The van der Waals surface area contributed by atoms with Crippen LogP contribution in [0.1, 0.15) is 17.6 Å². The van der Waals surface area contributed by atoms with Gasteiger partial charge in [-0.1, -0.05) is 0 Å². The van der Waals surface area contributed by atoms with Crippen molar-refractivity contribution in [3.63, 3.8) is 0 Å². The Balaban J connectivity index is 1.94. The summed E-state index contributed by atoms with van der Waals surface area (Å²) < 4.78 is 6.31. The maximum absolute atomic E-state index is 5.27. The second-order valence-corrected chi connectivity index (χ2v) is 6.31. The van der Waals surface area contributed by atoms with Gasteiger partial charge in [-0.15, -0.1) is 0 Å². The number of hydrogen-bond donors (Lipinski definition) is 1. The van der Waals surface area contributed by atoms with Gasteiger partial charge in [0, 0.05) is 46.9 Å². The highest BCUT2D eigenvalue weighted by Crippen LogP contribution is 2.29. The van der Waals surface area contributed by atoms with Crippen LogP contribution in [0.4, 0.5) is 5.82 Å². The molecule has 1 atom stereocenters. The van der Waals surface area contributed by atoms with Crippen LogP contribution in [0.5, 0.6) is 0 Å². The zero-order chi connectivity index (χ0) is 14.1. The Hall–Kier alpha value is -0.510. The lowest BCUT2D eigenvalue weighted by molar-refractivity contribution is 0.00845. The van der Waals surface area contributed by atoms with Crippen LogP contribution in [0.15, 0.2) is 0 Å². The number of aromatic nitrogens is 2. The van der Waals surface area contributed by atoms with Gasteiger partial charge in [0.1, 0.15) is 11.6 Å². The monoisotopic (exact) mass is 389 g/mol. The van der Waals surface area contributed by atoms with E-state index in [4.69, 9.17) is 14.7 Å². The van der Waals surface area contributed by atoms with E-state index in [-0.39, 0.29) is 0 Å². The minimum absolute atomic E-state index is 0.317.